The highest BCUT2D eigenvalue weighted by Gasteiger charge is 2.18. The molecule has 0 saturated heterocycles. The Morgan fingerprint density at radius 2 is 2.06 bits per heavy atom. The summed E-state index contributed by atoms with van der Waals surface area (Å²) in [5, 5.41) is 3.62. The van der Waals surface area contributed by atoms with E-state index in [1.807, 2.05) is 20.8 Å². The molecule has 0 amide bonds. The van der Waals surface area contributed by atoms with Crippen LogP contribution < -0.4 is 5.32 Å². The summed E-state index contributed by atoms with van der Waals surface area (Å²) in [5.41, 5.74) is -0.133. The highest BCUT2D eigenvalue weighted by Crippen LogP contribution is 2.22. The highest BCUT2D eigenvalue weighted by atomic mass is 35.5. The molecule has 0 aliphatic rings. The molecule has 18 heavy (non-hydrogen) atoms. The van der Waals surface area contributed by atoms with Crippen LogP contribution in [0.15, 0.2) is 6.07 Å². The Hall–Kier alpha value is -0.680. The van der Waals surface area contributed by atoms with Crippen LogP contribution in [-0.4, -0.2) is 32.7 Å². The number of nitrogens with one attached hydrogen (secondary N) is 1. The first-order chi connectivity index (χ1) is 8.29. The lowest BCUT2D eigenvalue weighted by atomic mass is 9.96. The number of rotatable bonds is 5. The summed E-state index contributed by atoms with van der Waals surface area (Å²) in [6, 6.07) is 1.71. The molecule has 1 unspecified atom stereocenters. The molecule has 0 fully saturated rings. The Balaban J connectivity index is 2.66. The standard InChI is InChI=1S/C12H20ClN3OS/c1-12(2,3)11-15-9(13)8-10(16-11)14-6-5-7-18(4)17/h8H,5-7H2,1-4H3,(H,14,15,16). The fourth-order valence-corrected chi connectivity index (χ4v) is 2.07. The number of halogens is 1. The summed E-state index contributed by atoms with van der Waals surface area (Å²) in [5.74, 6) is 2.14. The summed E-state index contributed by atoms with van der Waals surface area (Å²) in [6.45, 7) is 6.87. The molecule has 0 aromatic carbocycles. The maximum absolute atomic E-state index is 10.9. The predicted octanol–water partition coefficient (Wildman–Crippen LogP) is 2.61. The molecule has 6 heteroatoms. The first-order valence-corrected chi connectivity index (χ1v) is 7.98. The number of hydrogen-bond acceptors (Lipinski definition) is 4. The maximum Gasteiger partial charge on any atom is 0.137 e. The van der Waals surface area contributed by atoms with Gasteiger partial charge in [0.2, 0.25) is 0 Å². The second-order valence-electron chi connectivity index (χ2n) is 5.21. The number of hydrogen-bond donors (Lipinski definition) is 1. The summed E-state index contributed by atoms with van der Waals surface area (Å²) in [7, 11) is -0.745. The Kier molecular flexibility index (Phi) is 5.53. The molecule has 0 radical (unpaired) electrons. The lowest BCUT2D eigenvalue weighted by molar-refractivity contribution is 0.546. The number of nitrogens with zero attached hydrogens (tertiary/aromatic N) is 2. The van der Waals surface area contributed by atoms with E-state index in [0.717, 1.165) is 24.6 Å². The van der Waals surface area contributed by atoms with Crippen molar-refractivity contribution >= 4 is 28.2 Å². The first-order valence-electron chi connectivity index (χ1n) is 5.88. The van der Waals surface area contributed by atoms with Gasteiger partial charge in [0.05, 0.1) is 0 Å². The smallest absolute Gasteiger partial charge is 0.137 e. The SMILES string of the molecule is CS(=O)CCCNc1cc(Cl)nc(C(C)(C)C)n1. The lowest BCUT2D eigenvalue weighted by Crippen LogP contribution is -2.17. The third-order valence-electron chi connectivity index (χ3n) is 2.28. The fourth-order valence-electron chi connectivity index (χ4n) is 1.34. The Morgan fingerprint density at radius 1 is 1.39 bits per heavy atom. The fraction of sp³-hybridized carbons (Fsp3) is 0.667. The molecule has 0 aliphatic heterocycles. The van der Waals surface area contributed by atoms with E-state index in [1.165, 1.54) is 0 Å². The van der Waals surface area contributed by atoms with Gasteiger partial charge in [-0.25, -0.2) is 9.97 Å². The van der Waals surface area contributed by atoms with Crippen molar-refractivity contribution in [2.45, 2.75) is 32.6 Å². The summed E-state index contributed by atoms with van der Waals surface area (Å²) < 4.78 is 10.9. The predicted molar refractivity (Wildman–Crippen MR) is 77.8 cm³/mol. The minimum absolute atomic E-state index is 0.133. The molecular formula is C12H20ClN3OS. The van der Waals surface area contributed by atoms with Crippen LogP contribution in [0.1, 0.15) is 33.0 Å². The van der Waals surface area contributed by atoms with Crippen molar-refractivity contribution in [3.05, 3.63) is 17.0 Å². The van der Waals surface area contributed by atoms with Gasteiger partial charge >= 0.3 is 0 Å². The van der Waals surface area contributed by atoms with E-state index in [-0.39, 0.29) is 5.41 Å². The molecule has 0 aliphatic carbocycles. The lowest BCUT2D eigenvalue weighted by Gasteiger charge is -2.17. The normalized spacial score (nSPS) is 13.4. The van der Waals surface area contributed by atoms with Gasteiger partial charge in [-0.3, -0.25) is 4.21 Å². The van der Waals surface area contributed by atoms with E-state index in [0.29, 0.717) is 10.9 Å². The third kappa shape index (κ3) is 5.31. The second kappa shape index (κ2) is 6.48. The van der Waals surface area contributed by atoms with Gasteiger partial charge in [-0.1, -0.05) is 32.4 Å². The third-order valence-corrected chi connectivity index (χ3v) is 3.34. The summed E-state index contributed by atoms with van der Waals surface area (Å²) in [6.07, 6.45) is 2.55. The van der Waals surface area contributed by atoms with E-state index >= 15 is 0 Å². The van der Waals surface area contributed by atoms with Crippen molar-refractivity contribution in [2.24, 2.45) is 0 Å². The Bertz CT molecular complexity index is 432. The largest absolute Gasteiger partial charge is 0.370 e. The van der Waals surface area contributed by atoms with E-state index < -0.39 is 10.8 Å². The zero-order valence-electron chi connectivity index (χ0n) is 11.3. The van der Waals surface area contributed by atoms with Crippen LogP contribution in [0, 0.1) is 0 Å². The van der Waals surface area contributed by atoms with Gasteiger partial charge in [-0.15, -0.1) is 0 Å². The van der Waals surface area contributed by atoms with Crippen molar-refractivity contribution in [1.82, 2.24) is 9.97 Å². The van der Waals surface area contributed by atoms with Crippen LogP contribution in [0.3, 0.4) is 0 Å². The second-order valence-corrected chi connectivity index (χ2v) is 7.15. The molecule has 102 valence electrons. The van der Waals surface area contributed by atoms with Gasteiger partial charge in [-0.05, 0) is 6.42 Å². The van der Waals surface area contributed by atoms with Crippen LogP contribution in [0.5, 0.6) is 0 Å². The van der Waals surface area contributed by atoms with Crippen LogP contribution in [-0.2, 0) is 16.2 Å². The van der Waals surface area contributed by atoms with Crippen LogP contribution >= 0.6 is 11.6 Å². The number of anilines is 1. The van der Waals surface area contributed by atoms with Crippen LogP contribution in [0.2, 0.25) is 5.15 Å². The Morgan fingerprint density at radius 3 is 2.61 bits per heavy atom. The molecule has 4 nitrogen and oxygen atoms in total. The van der Waals surface area contributed by atoms with Crippen LogP contribution in [0.4, 0.5) is 5.82 Å². The highest BCUT2D eigenvalue weighted by molar-refractivity contribution is 7.84. The van der Waals surface area contributed by atoms with E-state index in [1.54, 1.807) is 12.3 Å². The van der Waals surface area contributed by atoms with Crippen LogP contribution in [0.25, 0.3) is 0 Å². The maximum atomic E-state index is 10.9. The molecular weight excluding hydrogens is 270 g/mol. The van der Waals surface area contributed by atoms with Gasteiger partial charge in [-0.2, -0.15) is 0 Å². The zero-order chi connectivity index (χ0) is 13.8. The molecule has 1 atom stereocenters. The topological polar surface area (TPSA) is 54.9 Å². The molecule has 1 N–H and O–H groups in total. The van der Waals surface area contributed by atoms with E-state index in [2.05, 4.69) is 15.3 Å². The van der Waals surface area contributed by atoms with Crippen molar-refractivity contribution in [3.8, 4) is 0 Å². The summed E-state index contributed by atoms with van der Waals surface area (Å²) in [4.78, 5) is 8.67. The average molecular weight is 290 g/mol. The van der Waals surface area contributed by atoms with E-state index in [9.17, 15) is 4.21 Å². The molecule has 1 rings (SSSR count). The minimum Gasteiger partial charge on any atom is -0.370 e. The Labute approximate surface area is 116 Å². The van der Waals surface area contributed by atoms with Crippen molar-refractivity contribution in [1.29, 1.82) is 0 Å². The summed E-state index contributed by atoms with van der Waals surface area (Å²) >= 11 is 5.98. The van der Waals surface area contributed by atoms with Gasteiger partial charge in [0, 0.05) is 40.8 Å². The van der Waals surface area contributed by atoms with Crippen molar-refractivity contribution in [3.63, 3.8) is 0 Å². The van der Waals surface area contributed by atoms with Crippen molar-refractivity contribution in [2.75, 3.05) is 23.9 Å². The monoisotopic (exact) mass is 289 g/mol. The van der Waals surface area contributed by atoms with Gasteiger partial charge in [0.1, 0.15) is 16.8 Å². The first kappa shape index (κ1) is 15.4. The molecule has 1 aromatic rings. The molecule has 0 spiro atoms. The van der Waals surface area contributed by atoms with Crippen molar-refractivity contribution < 1.29 is 4.21 Å². The average Bonchev–Trinajstić information content (AvgIpc) is 2.22. The number of aromatic nitrogens is 2. The quantitative estimate of drug-likeness (QED) is 0.669. The minimum atomic E-state index is -0.745. The molecule has 0 bridgehead atoms. The zero-order valence-corrected chi connectivity index (χ0v) is 12.9. The van der Waals surface area contributed by atoms with Gasteiger partial charge < -0.3 is 5.32 Å². The van der Waals surface area contributed by atoms with E-state index in [4.69, 9.17) is 11.6 Å². The molecule has 1 heterocycles. The molecule has 0 saturated carbocycles. The van der Waals surface area contributed by atoms with Gasteiger partial charge in [0.15, 0.2) is 0 Å². The van der Waals surface area contributed by atoms with Gasteiger partial charge in [0.25, 0.3) is 0 Å². The molecule has 1 aromatic heterocycles.